The normalized spacial score (nSPS) is 26.3. The van der Waals surface area contributed by atoms with Crippen molar-refractivity contribution in [3.05, 3.63) is 0 Å². The quantitative estimate of drug-likeness (QED) is 0.802. The van der Waals surface area contributed by atoms with E-state index in [1.165, 1.54) is 0 Å². The fourth-order valence-electron chi connectivity index (χ4n) is 3.55. The summed E-state index contributed by atoms with van der Waals surface area (Å²) in [6.45, 7) is 10.2. The van der Waals surface area contributed by atoms with Gasteiger partial charge < -0.3 is 15.0 Å². The Kier molecular flexibility index (Phi) is 11.4. The second kappa shape index (κ2) is 11.5. The molecule has 0 aliphatic carbocycles. The molecule has 5 nitrogen and oxygen atoms in total. The van der Waals surface area contributed by atoms with Gasteiger partial charge >= 0.3 is 0 Å². The van der Waals surface area contributed by atoms with Crippen LogP contribution in [0.4, 0.5) is 0 Å². The van der Waals surface area contributed by atoms with Crippen LogP contribution in [0.2, 0.25) is 0 Å². The van der Waals surface area contributed by atoms with Gasteiger partial charge in [-0.1, -0.05) is 0 Å². The summed E-state index contributed by atoms with van der Waals surface area (Å²) in [6.07, 6.45) is 3.60. The maximum absolute atomic E-state index is 12.0. The first kappa shape index (κ1) is 22.9. The zero-order valence-electron chi connectivity index (χ0n) is 14.6. The standard InChI is InChI=1S/C16H31N3O2.2ClH/c1-13-10-18(11-14(2)21-13)12-15-5-8-19(9-6-15)16(20)4-7-17-3;;/h13-15,17H,4-12H2,1-3H3;2*1H. The van der Waals surface area contributed by atoms with Crippen LogP contribution in [0.25, 0.3) is 0 Å². The van der Waals surface area contributed by atoms with Gasteiger partial charge in [-0.05, 0) is 39.7 Å². The maximum atomic E-state index is 12.0. The summed E-state index contributed by atoms with van der Waals surface area (Å²) >= 11 is 0. The van der Waals surface area contributed by atoms with Crippen molar-refractivity contribution in [1.82, 2.24) is 15.1 Å². The number of hydrogen-bond acceptors (Lipinski definition) is 4. The van der Waals surface area contributed by atoms with Gasteiger partial charge in [-0.15, -0.1) is 24.8 Å². The first-order valence-electron chi connectivity index (χ1n) is 8.38. The number of likely N-dealkylation sites (tertiary alicyclic amines) is 1. The molecule has 2 rings (SSSR count). The molecule has 0 bridgehead atoms. The number of hydrogen-bond donors (Lipinski definition) is 1. The number of amides is 1. The van der Waals surface area contributed by atoms with Gasteiger partial charge in [0.2, 0.25) is 5.91 Å². The summed E-state index contributed by atoms with van der Waals surface area (Å²) in [7, 11) is 1.89. The van der Waals surface area contributed by atoms with E-state index in [-0.39, 0.29) is 24.8 Å². The van der Waals surface area contributed by atoms with Gasteiger partial charge in [-0.25, -0.2) is 0 Å². The van der Waals surface area contributed by atoms with E-state index in [1.807, 2.05) is 11.9 Å². The van der Waals surface area contributed by atoms with E-state index in [9.17, 15) is 4.79 Å². The molecule has 2 atom stereocenters. The van der Waals surface area contributed by atoms with Crippen LogP contribution in [0.1, 0.15) is 33.1 Å². The number of nitrogens with one attached hydrogen (secondary N) is 1. The molecule has 23 heavy (non-hydrogen) atoms. The highest BCUT2D eigenvalue weighted by molar-refractivity contribution is 5.85. The van der Waals surface area contributed by atoms with Gasteiger partial charge in [0, 0.05) is 45.7 Å². The Labute approximate surface area is 153 Å². The predicted molar refractivity (Wildman–Crippen MR) is 98.8 cm³/mol. The lowest BCUT2D eigenvalue weighted by molar-refractivity contribution is -0.132. The number of piperidine rings is 1. The monoisotopic (exact) mass is 369 g/mol. The van der Waals surface area contributed by atoms with Crippen LogP contribution in [-0.2, 0) is 9.53 Å². The van der Waals surface area contributed by atoms with E-state index < -0.39 is 0 Å². The van der Waals surface area contributed by atoms with Crippen molar-refractivity contribution < 1.29 is 9.53 Å². The Morgan fingerprint density at radius 3 is 2.22 bits per heavy atom. The van der Waals surface area contributed by atoms with E-state index in [4.69, 9.17) is 4.74 Å². The summed E-state index contributed by atoms with van der Waals surface area (Å²) in [5.74, 6) is 1.03. The van der Waals surface area contributed by atoms with Crippen molar-refractivity contribution in [2.45, 2.75) is 45.3 Å². The predicted octanol–water partition coefficient (Wildman–Crippen LogP) is 1.79. The Balaban J connectivity index is 0.00000242. The van der Waals surface area contributed by atoms with Crippen LogP contribution < -0.4 is 5.32 Å². The number of nitrogens with zero attached hydrogens (tertiary/aromatic N) is 2. The lowest BCUT2D eigenvalue weighted by Gasteiger charge is -2.39. The van der Waals surface area contributed by atoms with Crippen LogP contribution in [0.3, 0.4) is 0 Å². The summed E-state index contributed by atoms with van der Waals surface area (Å²) in [5.41, 5.74) is 0. The van der Waals surface area contributed by atoms with Crippen LogP contribution in [0.15, 0.2) is 0 Å². The molecule has 2 aliphatic heterocycles. The third-order valence-electron chi connectivity index (χ3n) is 4.57. The topological polar surface area (TPSA) is 44.8 Å². The molecule has 0 spiro atoms. The fraction of sp³-hybridized carbons (Fsp3) is 0.938. The molecule has 2 unspecified atom stereocenters. The second-order valence-corrected chi connectivity index (χ2v) is 6.65. The average Bonchev–Trinajstić information content (AvgIpc) is 2.44. The van der Waals surface area contributed by atoms with Gasteiger partial charge in [-0.3, -0.25) is 9.69 Å². The van der Waals surface area contributed by atoms with Crippen LogP contribution in [0.5, 0.6) is 0 Å². The Morgan fingerprint density at radius 1 is 1.13 bits per heavy atom. The van der Waals surface area contributed by atoms with Gasteiger partial charge in [0.1, 0.15) is 0 Å². The molecule has 7 heteroatoms. The number of ether oxygens (including phenoxy) is 1. The Morgan fingerprint density at radius 2 is 1.70 bits per heavy atom. The van der Waals surface area contributed by atoms with Crippen molar-refractivity contribution in [2.75, 3.05) is 46.3 Å². The summed E-state index contributed by atoms with van der Waals surface area (Å²) in [4.78, 5) is 16.6. The van der Waals surface area contributed by atoms with Gasteiger partial charge in [-0.2, -0.15) is 0 Å². The summed E-state index contributed by atoms with van der Waals surface area (Å²) in [5, 5.41) is 3.04. The smallest absolute Gasteiger partial charge is 0.223 e. The number of carbonyl (C=O) groups is 1. The molecule has 0 aromatic rings. The first-order chi connectivity index (χ1) is 10.1. The molecule has 0 aromatic heterocycles. The molecule has 138 valence electrons. The Bertz CT molecular complexity index is 329. The van der Waals surface area contributed by atoms with E-state index in [1.54, 1.807) is 0 Å². The molecular weight excluding hydrogens is 337 g/mol. The van der Waals surface area contributed by atoms with Crippen molar-refractivity contribution in [1.29, 1.82) is 0 Å². The zero-order valence-corrected chi connectivity index (χ0v) is 16.3. The number of rotatable bonds is 5. The number of morpholine rings is 1. The molecule has 2 heterocycles. The minimum absolute atomic E-state index is 0. The SMILES string of the molecule is CNCCC(=O)N1CCC(CN2CC(C)OC(C)C2)CC1.Cl.Cl. The van der Waals surface area contributed by atoms with Gasteiger partial charge in [0.05, 0.1) is 12.2 Å². The van der Waals surface area contributed by atoms with Crippen molar-refractivity contribution in [3.63, 3.8) is 0 Å². The van der Waals surface area contributed by atoms with Crippen molar-refractivity contribution >= 4 is 30.7 Å². The van der Waals surface area contributed by atoms with Crippen LogP contribution >= 0.6 is 24.8 Å². The largest absolute Gasteiger partial charge is 0.373 e. The number of carbonyl (C=O) groups excluding carboxylic acids is 1. The molecule has 0 aromatic carbocycles. The van der Waals surface area contributed by atoms with Crippen LogP contribution in [-0.4, -0.2) is 74.2 Å². The second-order valence-electron chi connectivity index (χ2n) is 6.65. The minimum Gasteiger partial charge on any atom is -0.373 e. The molecule has 2 aliphatic rings. The van der Waals surface area contributed by atoms with Crippen LogP contribution in [0, 0.1) is 5.92 Å². The molecule has 0 saturated carbocycles. The summed E-state index contributed by atoms with van der Waals surface area (Å²) < 4.78 is 5.79. The van der Waals surface area contributed by atoms with E-state index in [2.05, 4.69) is 24.1 Å². The highest BCUT2D eigenvalue weighted by atomic mass is 35.5. The zero-order chi connectivity index (χ0) is 15.2. The lowest BCUT2D eigenvalue weighted by atomic mass is 9.95. The molecule has 2 saturated heterocycles. The minimum atomic E-state index is 0. The van der Waals surface area contributed by atoms with E-state index in [0.717, 1.165) is 58.0 Å². The maximum Gasteiger partial charge on any atom is 0.223 e. The van der Waals surface area contributed by atoms with Gasteiger partial charge in [0.15, 0.2) is 0 Å². The molecule has 1 N–H and O–H groups in total. The highest BCUT2D eigenvalue weighted by Gasteiger charge is 2.27. The molecular formula is C16H33Cl2N3O2. The molecule has 0 radical (unpaired) electrons. The van der Waals surface area contributed by atoms with Crippen molar-refractivity contribution in [3.8, 4) is 0 Å². The molecule has 1 amide bonds. The van der Waals surface area contributed by atoms with E-state index in [0.29, 0.717) is 24.5 Å². The number of halogens is 2. The van der Waals surface area contributed by atoms with Crippen molar-refractivity contribution in [2.24, 2.45) is 5.92 Å². The average molecular weight is 370 g/mol. The van der Waals surface area contributed by atoms with Gasteiger partial charge in [0.25, 0.3) is 0 Å². The van der Waals surface area contributed by atoms with E-state index >= 15 is 0 Å². The third kappa shape index (κ3) is 7.57. The fourth-order valence-corrected chi connectivity index (χ4v) is 3.55. The lowest BCUT2D eigenvalue weighted by Crippen LogP contribution is -2.48. The highest BCUT2D eigenvalue weighted by Crippen LogP contribution is 2.21. The Hall–Kier alpha value is -0.0700. The summed E-state index contributed by atoms with van der Waals surface area (Å²) in [6, 6.07) is 0. The third-order valence-corrected chi connectivity index (χ3v) is 4.57. The first-order valence-corrected chi connectivity index (χ1v) is 8.38. The molecule has 2 fully saturated rings.